The topological polar surface area (TPSA) is 0 Å². The molecule has 1 atom stereocenters. The molecule has 0 aromatic heterocycles. The molecule has 0 bridgehead atoms. The van der Waals surface area contributed by atoms with E-state index in [1.54, 1.807) is 0 Å². The molecule has 0 saturated heterocycles. The van der Waals surface area contributed by atoms with Crippen molar-refractivity contribution in [2.45, 2.75) is 40.8 Å². The van der Waals surface area contributed by atoms with E-state index in [0.717, 1.165) is 5.57 Å². The molecule has 0 fully saturated rings. The Balaban J connectivity index is 4.71. The third kappa shape index (κ3) is 4.20. The molecule has 76 valence electrons. The summed E-state index contributed by atoms with van der Waals surface area (Å²) in [5.41, 5.74) is 1.09. The fraction of sp³-hybridized carbons (Fsp3) is 0.636. The van der Waals surface area contributed by atoms with Crippen LogP contribution in [0.25, 0.3) is 0 Å². The van der Waals surface area contributed by atoms with Gasteiger partial charge in [0.2, 0.25) is 0 Å². The molecule has 0 aliphatic heterocycles. The molecule has 0 aromatic carbocycles. The summed E-state index contributed by atoms with van der Waals surface area (Å²) in [5, 5.41) is 0. The van der Waals surface area contributed by atoms with Crippen molar-refractivity contribution in [3.8, 4) is 0 Å². The largest absolute Gasteiger partial charge is 0.243 e. The molecule has 0 aromatic rings. The van der Waals surface area contributed by atoms with Gasteiger partial charge in [0.25, 0.3) is 0 Å². The molecule has 0 aliphatic carbocycles. The lowest BCUT2D eigenvalue weighted by molar-refractivity contribution is 0.401. The van der Waals surface area contributed by atoms with E-state index in [9.17, 15) is 8.78 Å². The normalized spacial score (nSPS) is 17.4. The van der Waals surface area contributed by atoms with Gasteiger partial charge in [-0.2, -0.15) is 0 Å². The van der Waals surface area contributed by atoms with E-state index in [2.05, 4.69) is 0 Å². The van der Waals surface area contributed by atoms with E-state index in [-0.39, 0.29) is 5.57 Å². The molecule has 13 heavy (non-hydrogen) atoms. The first-order valence-electron chi connectivity index (χ1n) is 4.54. The van der Waals surface area contributed by atoms with Crippen molar-refractivity contribution >= 4 is 0 Å². The van der Waals surface area contributed by atoms with E-state index in [0.29, 0.717) is 5.92 Å². The van der Waals surface area contributed by atoms with Crippen molar-refractivity contribution in [1.29, 1.82) is 0 Å². The zero-order valence-corrected chi connectivity index (χ0v) is 8.99. The highest BCUT2D eigenvalue weighted by atomic mass is 19.1. The van der Waals surface area contributed by atoms with E-state index >= 15 is 0 Å². The van der Waals surface area contributed by atoms with Crippen LogP contribution >= 0.6 is 0 Å². The summed E-state index contributed by atoms with van der Waals surface area (Å²) in [7, 11) is 0. The Hall–Kier alpha value is -0.660. The number of hydrogen-bond acceptors (Lipinski definition) is 0. The molecule has 0 saturated carbocycles. The van der Waals surface area contributed by atoms with E-state index < -0.39 is 12.0 Å². The maximum Gasteiger partial charge on any atom is 0.124 e. The predicted octanol–water partition coefficient (Wildman–Crippen LogP) is 4.19. The maximum absolute atomic E-state index is 13.2. The third-order valence-electron chi connectivity index (χ3n) is 2.24. The van der Waals surface area contributed by atoms with Crippen LogP contribution < -0.4 is 0 Å². The third-order valence-corrected chi connectivity index (χ3v) is 2.24. The molecule has 0 heterocycles. The molecule has 0 aliphatic rings. The van der Waals surface area contributed by atoms with Crippen molar-refractivity contribution in [3.63, 3.8) is 0 Å². The molecular formula is C11H18F2. The molecule has 0 nitrogen and oxygen atoms in total. The number of rotatable bonds is 3. The summed E-state index contributed by atoms with van der Waals surface area (Å²) in [5.74, 6) is -0.144. The monoisotopic (exact) mass is 188 g/mol. The standard InChI is InChI=1S/C11H18F2/c1-7(2)8(3)6-11(13)9(4)10(5)12/h6-7,10H,1-5H3/b8-6+,11-9+. The zero-order chi connectivity index (χ0) is 10.6. The van der Waals surface area contributed by atoms with E-state index in [4.69, 9.17) is 0 Å². The summed E-state index contributed by atoms with van der Waals surface area (Å²) < 4.78 is 25.9. The number of alkyl halides is 1. The lowest BCUT2D eigenvalue weighted by Gasteiger charge is -2.06. The van der Waals surface area contributed by atoms with Crippen LogP contribution in [0.3, 0.4) is 0 Å². The van der Waals surface area contributed by atoms with Crippen LogP contribution in [0.4, 0.5) is 8.78 Å². The van der Waals surface area contributed by atoms with Crippen LogP contribution in [0.1, 0.15) is 34.6 Å². The van der Waals surface area contributed by atoms with Gasteiger partial charge in [-0.15, -0.1) is 0 Å². The minimum atomic E-state index is -1.21. The Morgan fingerprint density at radius 3 is 1.92 bits per heavy atom. The average Bonchev–Trinajstić information content (AvgIpc) is 2.02. The quantitative estimate of drug-likeness (QED) is 0.582. The minimum Gasteiger partial charge on any atom is -0.243 e. The van der Waals surface area contributed by atoms with Gasteiger partial charge in [0.05, 0.1) is 0 Å². The lowest BCUT2D eigenvalue weighted by Crippen LogP contribution is -1.97. The first-order valence-corrected chi connectivity index (χ1v) is 4.54. The van der Waals surface area contributed by atoms with Gasteiger partial charge < -0.3 is 0 Å². The van der Waals surface area contributed by atoms with Gasteiger partial charge in [-0.3, -0.25) is 0 Å². The van der Waals surface area contributed by atoms with Gasteiger partial charge in [0.15, 0.2) is 0 Å². The van der Waals surface area contributed by atoms with Gasteiger partial charge in [0.1, 0.15) is 12.0 Å². The fourth-order valence-corrected chi connectivity index (χ4v) is 0.670. The fourth-order valence-electron chi connectivity index (χ4n) is 0.670. The van der Waals surface area contributed by atoms with Crippen LogP contribution in [0.5, 0.6) is 0 Å². The highest BCUT2D eigenvalue weighted by molar-refractivity contribution is 5.24. The Morgan fingerprint density at radius 1 is 1.15 bits per heavy atom. The summed E-state index contributed by atoms with van der Waals surface area (Å²) in [6, 6.07) is 0. The molecule has 1 unspecified atom stereocenters. The summed E-state index contributed by atoms with van der Waals surface area (Å²) >= 11 is 0. The average molecular weight is 188 g/mol. The van der Waals surface area contributed by atoms with Crippen LogP contribution in [0.2, 0.25) is 0 Å². The van der Waals surface area contributed by atoms with Gasteiger partial charge >= 0.3 is 0 Å². The van der Waals surface area contributed by atoms with Gasteiger partial charge in [0, 0.05) is 0 Å². The molecular weight excluding hydrogens is 170 g/mol. The van der Waals surface area contributed by atoms with E-state index in [1.807, 2.05) is 20.8 Å². The highest BCUT2D eigenvalue weighted by Crippen LogP contribution is 2.18. The number of allylic oxidation sites excluding steroid dienone is 4. The van der Waals surface area contributed by atoms with Crippen LogP contribution in [0.15, 0.2) is 23.0 Å². The molecule has 0 amide bonds. The van der Waals surface area contributed by atoms with Gasteiger partial charge in [-0.25, -0.2) is 8.78 Å². The molecule has 0 rings (SSSR count). The Morgan fingerprint density at radius 2 is 1.62 bits per heavy atom. The minimum absolute atomic E-state index is 0.167. The summed E-state index contributed by atoms with van der Waals surface area (Å²) in [6.07, 6.45) is 0.201. The first kappa shape index (κ1) is 12.3. The molecule has 0 N–H and O–H groups in total. The van der Waals surface area contributed by atoms with Gasteiger partial charge in [-0.1, -0.05) is 19.4 Å². The molecule has 2 heteroatoms. The lowest BCUT2D eigenvalue weighted by atomic mass is 10.0. The predicted molar refractivity (Wildman–Crippen MR) is 53.0 cm³/mol. The van der Waals surface area contributed by atoms with Crippen molar-refractivity contribution < 1.29 is 8.78 Å². The van der Waals surface area contributed by atoms with E-state index in [1.165, 1.54) is 19.9 Å². The molecule has 0 radical (unpaired) electrons. The van der Waals surface area contributed by atoms with Crippen molar-refractivity contribution in [3.05, 3.63) is 23.0 Å². The Labute approximate surface area is 79.3 Å². The Kier molecular flexibility index (Phi) is 4.89. The van der Waals surface area contributed by atoms with Gasteiger partial charge in [-0.05, 0) is 38.3 Å². The van der Waals surface area contributed by atoms with Crippen LogP contribution in [-0.4, -0.2) is 6.17 Å². The Bertz CT molecular complexity index is 222. The van der Waals surface area contributed by atoms with Crippen LogP contribution in [-0.2, 0) is 0 Å². The SMILES string of the molecule is C/C(=C\C(F)=C(\C)C(C)F)C(C)C. The summed E-state index contributed by atoms with van der Waals surface area (Å²) in [6.45, 7) is 8.62. The first-order chi connectivity index (χ1) is 5.86. The van der Waals surface area contributed by atoms with Crippen molar-refractivity contribution in [1.82, 2.24) is 0 Å². The zero-order valence-electron chi connectivity index (χ0n) is 8.99. The summed E-state index contributed by atoms with van der Waals surface area (Å²) in [4.78, 5) is 0. The van der Waals surface area contributed by atoms with Crippen molar-refractivity contribution in [2.75, 3.05) is 0 Å². The van der Waals surface area contributed by atoms with Crippen LogP contribution in [0, 0.1) is 5.92 Å². The second-order valence-corrected chi connectivity index (χ2v) is 3.69. The highest BCUT2D eigenvalue weighted by Gasteiger charge is 2.07. The molecule has 0 spiro atoms. The second-order valence-electron chi connectivity index (χ2n) is 3.69. The van der Waals surface area contributed by atoms with Crippen molar-refractivity contribution in [2.24, 2.45) is 5.92 Å². The smallest absolute Gasteiger partial charge is 0.124 e. The number of hydrogen-bond donors (Lipinski definition) is 0. The number of halogens is 2. The maximum atomic E-state index is 13.2. The second kappa shape index (κ2) is 5.15.